The van der Waals surface area contributed by atoms with Crippen LogP contribution >= 0.6 is 0 Å². The van der Waals surface area contributed by atoms with E-state index in [1.165, 1.54) is 10.8 Å². The van der Waals surface area contributed by atoms with Crippen LogP contribution in [0.2, 0.25) is 0 Å². The third-order valence-corrected chi connectivity index (χ3v) is 10.4. The number of nitrogens with zero attached hydrogens (tertiary/aromatic N) is 5. The lowest BCUT2D eigenvalue weighted by Gasteiger charge is -2.12. The second-order valence-corrected chi connectivity index (χ2v) is 14.1. The predicted molar refractivity (Wildman–Crippen MR) is 236 cm³/mol. The van der Waals surface area contributed by atoms with E-state index in [1.54, 1.807) is 0 Å². The number of fused-ring (bicyclic) bond motifs is 1. The molecule has 2 aromatic heterocycles. The summed E-state index contributed by atoms with van der Waals surface area (Å²) in [6.07, 6.45) is 0. The van der Waals surface area contributed by atoms with Gasteiger partial charge in [0.05, 0.1) is 11.4 Å². The van der Waals surface area contributed by atoms with Crippen LogP contribution in [0.4, 0.5) is 0 Å². The minimum atomic E-state index is 0.637. The first-order valence-corrected chi connectivity index (χ1v) is 19.3. The molecular formula is C53H35N5. The predicted octanol–water partition coefficient (Wildman–Crippen LogP) is 13.2. The van der Waals surface area contributed by atoms with Crippen LogP contribution in [0, 0.1) is 0 Å². The molecule has 0 aliphatic carbocycles. The first-order chi connectivity index (χ1) is 28.7. The maximum Gasteiger partial charge on any atom is 0.164 e. The molecule has 58 heavy (non-hydrogen) atoms. The van der Waals surface area contributed by atoms with Crippen molar-refractivity contribution in [2.45, 2.75) is 0 Å². The lowest BCUT2D eigenvalue weighted by molar-refractivity contribution is 1.07. The topological polar surface area (TPSA) is 64.5 Å². The van der Waals surface area contributed by atoms with Gasteiger partial charge in [0.15, 0.2) is 23.3 Å². The molecule has 0 atom stereocenters. The van der Waals surface area contributed by atoms with E-state index in [0.717, 1.165) is 67.0 Å². The average molecular weight is 742 g/mol. The summed E-state index contributed by atoms with van der Waals surface area (Å²) in [6, 6.07) is 73.1. The molecule has 0 aliphatic heterocycles. The Hall–Kier alpha value is -7.89. The zero-order valence-electron chi connectivity index (χ0n) is 31.4. The Bertz CT molecular complexity index is 2890. The van der Waals surface area contributed by atoms with Gasteiger partial charge in [0.25, 0.3) is 0 Å². The second kappa shape index (κ2) is 15.3. The van der Waals surface area contributed by atoms with E-state index in [4.69, 9.17) is 24.9 Å². The quantitative estimate of drug-likeness (QED) is 0.155. The molecule has 0 amide bonds. The van der Waals surface area contributed by atoms with Crippen LogP contribution < -0.4 is 0 Å². The molecule has 8 aromatic carbocycles. The van der Waals surface area contributed by atoms with E-state index >= 15 is 0 Å². The molecule has 0 radical (unpaired) electrons. The third-order valence-electron chi connectivity index (χ3n) is 10.4. The summed E-state index contributed by atoms with van der Waals surface area (Å²) in [5, 5.41) is 2.37. The van der Waals surface area contributed by atoms with Crippen LogP contribution in [0.3, 0.4) is 0 Å². The fourth-order valence-electron chi connectivity index (χ4n) is 7.34. The van der Waals surface area contributed by atoms with Crippen molar-refractivity contribution in [3.8, 4) is 90.3 Å². The maximum absolute atomic E-state index is 5.03. The molecule has 0 saturated carbocycles. The molecular weight excluding hydrogens is 707 g/mol. The Morgan fingerprint density at radius 1 is 0.224 bits per heavy atom. The van der Waals surface area contributed by atoms with Crippen molar-refractivity contribution in [3.63, 3.8) is 0 Å². The highest BCUT2D eigenvalue weighted by molar-refractivity contribution is 5.99. The van der Waals surface area contributed by atoms with Crippen molar-refractivity contribution >= 4 is 10.8 Å². The van der Waals surface area contributed by atoms with Gasteiger partial charge in [-0.15, -0.1) is 0 Å². The molecule has 0 spiro atoms. The normalized spacial score (nSPS) is 11.1. The van der Waals surface area contributed by atoms with E-state index in [9.17, 15) is 0 Å². The van der Waals surface area contributed by atoms with Crippen molar-refractivity contribution < 1.29 is 0 Å². The standard InChI is InChI=1S/C53H35N5/c1-5-14-39(15-6-1)48-35-49(55-50(54-48)41-16-7-2-8-17-41)40-29-24-36(25-30-40)45-33-28-37-22-13-23-46(47(37)34-45)38-26-31-44(32-27-38)53-57-51(42-18-9-3-10-19-42)56-52(58-53)43-20-11-4-12-21-43/h1-35H. The van der Waals surface area contributed by atoms with Gasteiger partial charge in [0.2, 0.25) is 0 Å². The van der Waals surface area contributed by atoms with Crippen LogP contribution in [-0.2, 0) is 0 Å². The third kappa shape index (κ3) is 7.04. The summed E-state index contributed by atoms with van der Waals surface area (Å²) in [4.78, 5) is 24.7. The van der Waals surface area contributed by atoms with Gasteiger partial charge in [-0.05, 0) is 45.2 Å². The van der Waals surface area contributed by atoms with Crippen molar-refractivity contribution in [2.24, 2.45) is 0 Å². The molecule has 10 aromatic rings. The minimum Gasteiger partial charge on any atom is -0.228 e. The Morgan fingerprint density at radius 2 is 0.603 bits per heavy atom. The van der Waals surface area contributed by atoms with Gasteiger partial charge < -0.3 is 0 Å². The van der Waals surface area contributed by atoms with Crippen LogP contribution in [0.25, 0.3) is 101 Å². The maximum atomic E-state index is 5.03. The molecule has 5 heteroatoms. The molecule has 272 valence electrons. The average Bonchev–Trinajstić information content (AvgIpc) is 3.32. The Morgan fingerprint density at radius 3 is 1.12 bits per heavy atom. The van der Waals surface area contributed by atoms with Crippen LogP contribution in [-0.4, -0.2) is 24.9 Å². The smallest absolute Gasteiger partial charge is 0.164 e. The molecule has 0 aliphatic rings. The fourth-order valence-corrected chi connectivity index (χ4v) is 7.34. The Balaban J connectivity index is 0.976. The summed E-state index contributed by atoms with van der Waals surface area (Å²) in [6.45, 7) is 0. The molecule has 0 bridgehead atoms. The van der Waals surface area contributed by atoms with Crippen molar-refractivity contribution in [1.82, 2.24) is 24.9 Å². The van der Waals surface area contributed by atoms with E-state index in [1.807, 2.05) is 97.1 Å². The van der Waals surface area contributed by atoms with Gasteiger partial charge in [0, 0.05) is 33.4 Å². The molecule has 0 N–H and O–H groups in total. The summed E-state index contributed by atoms with van der Waals surface area (Å²) in [5.74, 6) is 2.64. The van der Waals surface area contributed by atoms with Gasteiger partial charge in [-0.3, -0.25) is 0 Å². The first kappa shape index (κ1) is 34.6. The Kier molecular flexibility index (Phi) is 9.14. The zero-order valence-corrected chi connectivity index (χ0v) is 31.4. The van der Waals surface area contributed by atoms with Crippen molar-refractivity contribution in [3.05, 3.63) is 212 Å². The van der Waals surface area contributed by atoms with Gasteiger partial charge in [-0.25, -0.2) is 24.9 Å². The molecule has 10 rings (SSSR count). The summed E-state index contributed by atoms with van der Waals surface area (Å²) < 4.78 is 0. The van der Waals surface area contributed by atoms with Crippen molar-refractivity contribution in [1.29, 1.82) is 0 Å². The van der Waals surface area contributed by atoms with Crippen LogP contribution in [0.1, 0.15) is 0 Å². The van der Waals surface area contributed by atoms with E-state index in [-0.39, 0.29) is 0 Å². The van der Waals surface area contributed by atoms with Crippen LogP contribution in [0.5, 0.6) is 0 Å². The van der Waals surface area contributed by atoms with Gasteiger partial charge >= 0.3 is 0 Å². The number of rotatable bonds is 8. The SMILES string of the molecule is c1ccc(-c2cc(-c3ccc(-c4ccc5cccc(-c6ccc(-c7nc(-c8ccccc8)nc(-c8ccccc8)n7)cc6)c5c4)cc3)nc(-c3ccccc3)n2)cc1. The molecule has 0 unspecified atom stereocenters. The number of hydrogen-bond donors (Lipinski definition) is 0. The first-order valence-electron chi connectivity index (χ1n) is 19.3. The lowest BCUT2D eigenvalue weighted by Crippen LogP contribution is -2.00. The summed E-state index contributed by atoms with van der Waals surface area (Å²) >= 11 is 0. The van der Waals surface area contributed by atoms with Gasteiger partial charge in [-0.1, -0.05) is 200 Å². The van der Waals surface area contributed by atoms with E-state index in [2.05, 4.69) is 115 Å². The largest absolute Gasteiger partial charge is 0.228 e. The van der Waals surface area contributed by atoms with Gasteiger partial charge in [0.1, 0.15) is 0 Å². The molecule has 0 fully saturated rings. The highest BCUT2D eigenvalue weighted by atomic mass is 15.0. The summed E-state index contributed by atoms with van der Waals surface area (Å²) in [7, 11) is 0. The number of aromatic nitrogens is 5. The minimum absolute atomic E-state index is 0.637. The van der Waals surface area contributed by atoms with Gasteiger partial charge in [-0.2, -0.15) is 0 Å². The fraction of sp³-hybridized carbons (Fsp3) is 0. The Labute approximate surface area is 337 Å². The monoisotopic (exact) mass is 741 g/mol. The van der Waals surface area contributed by atoms with E-state index < -0.39 is 0 Å². The number of hydrogen-bond acceptors (Lipinski definition) is 5. The molecule has 2 heterocycles. The molecule has 0 saturated heterocycles. The highest BCUT2D eigenvalue weighted by Gasteiger charge is 2.14. The zero-order chi connectivity index (χ0) is 38.7. The summed E-state index contributed by atoms with van der Waals surface area (Å²) in [5.41, 5.74) is 12.2. The lowest BCUT2D eigenvalue weighted by atomic mass is 9.94. The van der Waals surface area contributed by atoms with E-state index in [0.29, 0.717) is 23.3 Å². The number of benzene rings is 8. The van der Waals surface area contributed by atoms with Crippen LogP contribution in [0.15, 0.2) is 212 Å². The second-order valence-electron chi connectivity index (χ2n) is 14.1. The van der Waals surface area contributed by atoms with Crippen molar-refractivity contribution in [2.75, 3.05) is 0 Å². The highest BCUT2D eigenvalue weighted by Crippen LogP contribution is 2.35. The molecule has 5 nitrogen and oxygen atoms in total.